The SMILES string of the molecule is CCOC(=O)N1CCN(C(=O)Cc2cc(C(C)(C)C)ccc2C)CC1. The van der Waals surface area contributed by atoms with E-state index in [1.54, 1.807) is 11.8 Å². The first-order chi connectivity index (χ1) is 11.7. The summed E-state index contributed by atoms with van der Waals surface area (Å²) in [5, 5.41) is 0. The van der Waals surface area contributed by atoms with E-state index in [1.165, 1.54) is 5.56 Å². The zero-order valence-electron chi connectivity index (χ0n) is 16.1. The molecular formula is C20H30N2O3. The van der Waals surface area contributed by atoms with Crippen molar-refractivity contribution in [1.29, 1.82) is 0 Å². The maximum Gasteiger partial charge on any atom is 0.409 e. The van der Waals surface area contributed by atoms with Crippen molar-refractivity contribution in [3.05, 3.63) is 34.9 Å². The van der Waals surface area contributed by atoms with Crippen LogP contribution in [0.3, 0.4) is 0 Å². The van der Waals surface area contributed by atoms with Crippen molar-refractivity contribution in [2.24, 2.45) is 0 Å². The Morgan fingerprint density at radius 1 is 1.08 bits per heavy atom. The molecule has 25 heavy (non-hydrogen) atoms. The van der Waals surface area contributed by atoms with Gasteiger partial charge in [-0.2, -0.15) is 0 Å². The monoisotopic (exact) mass is 346 g/mol. The Labute approximate surface area is 150 Å². The summed E-state index contributed by atoms with van der Waals surface area (Å²) in [5.74, 6) is 0.123. The molecule has 138 valence electrons. The van der Waals surface area contributed by atoms with Crippen molar-refractivity contribution in [2.45, 2.75) is 46.5 Å². The standard InChI is InChI=1S/C20H30N2O3/c1-6-25-19(24)22-11-9-21(10-12-22)18(23)14-16-13-17(20(3,4)5)8-7-15(16)2/h7-8,13H,6,9-12,14H2,1-5H3. The van der Waals surface area contributed by atoms with Gasteiger partial charge in [0.15, 0.2) is 0 Å². The van der Waals surface area contributed by atoms with Gasteiger partial charge in [0.05, 0.1) is 13.0 Å². The van der Waals surface area contributed by atoms with Crippen molar-refractivity contribution in [3.63, 3.8) is 0 Å². The molecule has 0 N–H and O–H groups in total. The minimum Gasteiger partial charge on any atom is -0.450 e. The lowest BCUT2D eigenvalue weighted by Crippen LogP contribution is -2.51. The minimum atomic E-state index is -0.289. The highest BCUT2D eigenvalue weighted by Gasteiger charge is 2.25. The van der Waals surface area contributed by atoms with Crippen LogP contribution in [-0.4, -0.2) is 54.6 Å². The Morgan fingerprint density at radius 3 is 2.24 bits per heavy atom. The molecule has 0 saturated carbocycles. The number of ether oxygens (including phenoxy) is 1. The van der Waals surface area contributed by atoms with Gasteiger partial charge >= 0.3 is 6.09 Å². The van der Waals surface area contributed by atoms with Gasteiger partial charge in [-0.05, 0) is 36.0 Å². The van der Waals surface area contributed by atoms with E-state index in [1.807, 2.05) is 11.8 Å². The number of carbonyl (C=O) groups excluding carboxylic acids is 2. The quantitative estimate of drug-likeness (QED) is 0.845. The van der Waals surface area contributed by atoms with Crippen LogP contribution >= 0.6 is 0 Å². The van der Waals surface area contributed by atoms with Crippen molar-refractivity contribution in [1.82, 2.24) is 9.80 Å². The van der Waals surface area contributed by atoms with Crippen molar-refractivity contribution in [3.8, 4) is 0 Å². The highest BCUT2D eigenvalue weighted by atomic mass is 16.6. The molecule has 1 aliphatic rings. The summed E-state index contributed by atoms with van der Waals surface area (Å²) < 4.78 is 5.02. The molecule has 1 aromatic carbocycles. The number of aryl methyl sites for hydroxylation is 1. The number of carbonyl (C=O) groups is 2. The van der Waals surface area contributed by atoms with Gasteiger partial charge in [0.25, 0.3) is 0 Å². The molecule has 5 nitrogen and oxygen atoms in total. The van der Waals surface area contributed by atoms with Gasteiger partial charge < -0.3 is 14.5 Å². The van der Waals surface area contributed by atoms with E-state index in [0.29, 0.717) is 39.2 Å². The second-order valence-corrected chi connectivity index (χ2v) is 7.63. The van der Waals surface area contributed by atoms with Crippen LogP contribution in [0.5, 0.6) is 0 Å². The predicted octanol–water partition coefficient (Wildman–Crippen LogP) is 3.14. The number of nitrogens with zero attached hydrogens (tertiary/aromatic N) is 2. The summed E-state index contributed by atoms with van der Waals surface area (Å²) in [6, 6.07) is 6.39. The van der Waals surface area contributed by atoms with Crippen LogP contribution in [-0.2, 0) is 21.4 Å². The topological polar surface area (TPSA) is 49.9 Å². The lowest BCUT2D eigenvalue weighted by Gasteiger charge is -2.34. The fraction of sp³-hybridized carbons (Fsp3) is 0.600. The molecule has 2 amide bonds. The van der Waals surface area contributed by atoms with E-state index < -0.39 is 0 Å². The van der Waals surface area contributed by atoms with Crippen LogP contribution < -0.4 is 0 Å². The smallest absolute Gasteiger partial charge is 0.409 e. The number of benzene rings is 1. The van der Waals surface area contributed by atoms with E-state index >= 15 is 0 Å². The van der Waals surface area contributed by atoms with E-state index in [-0.39, 0.29) is 17.4 Å². The second-order valence-electron chi connectivity index (χ2n) is 7.63. The van der Waals surface area contributed by atoms with Crippen LogP contribution in [0.25, 0.3) is 0 Å². The number of amides is 2. The molecule has 0 aromatic heterocycles. The van der Waals surface area contributed by atoms with Gasteiger partial charge in [0.2, 0.25) is 5.91 Å². The molecule has 1 aliphatic heterocycles. The van der Waals surface area contributed by atoms with E-state index in [9.17, 15) is 9.59 Å². The average Bonchev–Trinajstić information content (AvgIpc) is 2.56. The van der Waals surface area contributed by atoms with Gasteiger partial charge in [-0.25, -0.2) is 4.79 Å². The largest absolute Gasteiger partial charge is 0.450 e. The first-order valence-electron chi connectivity index (χ1n) is 9.02. The number of piperazine rings is 1. The van der Waals surface area contributed by atoms with Gasteiger partial charge in [-0.15, -0.1) is 0 Å². The number of hydrogen-bond acceptors (Lipinski definition) is 3. The predicted molar refractivity (Wildman–Crippen MR) is 98.8 cm³/mol. The molecule has 0 atom stereocenters. The molecule has 5 heteroatoms. The molecule has 0 unspecified atom stereocenters. The Balaban J connectivity index is 1.98. The highest BCUT2D eigenvalue weighted by molar-refractivity contribution is 5.79. The Bertz CT molecular complexity index is 626. The zero-order valence-corrected chi connectivity index (χ0v) is 16.1. The molecule has 1 aromatic rings. The zero-order chi connectivity index (χ0) is 18.6. The molecule has 2 rings (SSSR count). The molecular weight excluding hydrogens is 316 g/mol. The average molecular weight is 346 g/mol. The summed E-state index contributed by atoms with van der Waals surface area (Å²) in [6.45, 7) is 13.0. The molecule has 0 aliphatic carbocycles. The third-order valence-corrected chi connectivity index (χ3v) is 4.72. The van der Waals surface area contributed by atoms with Crippen LogP contribution in [0.2, 0.25) is 0 Å². The summed E-state index contributed by atoms with van der Waals surface area (Å²) >= 11 is 0. The summed E-state index contributed by atoms with van der Waals surface area (Å²) in [7, 11) is 0. The van der Waals surface area contributed by atoms with Crippen LogP contribution in [0, 0.1) is 6.92 Å². The normalized spacial score (nSPS) is 15.2. The molecule has 1 heterocycles. The van der Waals surface area contributed by atoms with E-state index in [0.717, 1.165) is 11.1 Å². The van der Waals surface area contributed by atoms with Crippen LogP contribution in [0.4, 0.5) is 4.79 Å². The minimum absolute atomic E-state index is 0.0662. The third-order valence-electron chi connectivity index (χ3n) is 4.72. The Kier molecular flexibility index (Phi) is 6.09. The van der Waals surface area contributed by atoms with Crippen molar-refractivity contribution >= 4 is 12.0 Å². The Hall–Kier alpha value is -2.04. The second kappa shape index (κ2) is 7.89. The first kappa shape index (κ1) is 19.3. The molecule has 0 spiro atoms. The van der Waals surface area contributed by atoms with Crippen LogP contribution in [0.15, 0.2) is 18.2 Å². The van der Waals surface area contributed by atoms with Gasteiger partial charge in [0.1, 0.15) is 0 Å². The summed E-state index contributed by atoms with van der Waals surface area (Å²) in [5.41, 5.74) is 3.54. The molecule has 1 fully saturated rings. The fourth-order valence-corrected chi connectivity index (χ4v) is 2.96. The summed E-state index contributed by atoms with van der Waals surface area (Å²) in [6.07, 6.45) is 0.123. The maximum absolute atomic E-state index is 12.7. The van der Waals surface area contributed by atoms with Gasteiger partial charge in [-0.3, -0.25) is 4.79 Å². The van der Waals surface area contributed by atoms with Crippen molar-refractivity contribution < 1.29 is 14.3 Å². The summed E-state index contributed by atoms with van der Waals surface area (Å²) in [4.78, 5) is 27.9. The first-order valence-corrected chi connectivity index (χ1v) is 9.02. The maximum atomic E-state index is 12.7. The highest BCUT2D eigenvalue weighted by Crippen LogP contribution is 2.25. The van der Waals surface area contributed by atoms with Gasteiger partial charge in [0, 0.05) is 26.2 Å². The van der Waals surface area contributed by atoms with E-state index in [4.69, 9.17) is 4.74 Å². The molecule has 0 bridgehead atoms. The van der Waals surface area contributed by atoms with Crippen LogP contribution in [0.1, 0.15) is 44.4 Å². The lowest BCUT2D eigenvalue weighted by molar-refractivity contribution is -0.132. The number of rotatable bonds is 3. The van der Waals surface area contributed by atoms with Gasteiger partial charge in [-0.1, -0.05) is 39.0 Å². The molecule has 0 radical (unpaired) electrons. The molecule has 1 saturated heterocycles. The number of hydrogen-bond donors (Lipinski definition) is 0. The van der Waals surface area contributed by atoms with E-state index in [2.05, 4.69) is 39.0 Å². The lowest BCUT2D eigenvalue weighted by atomic mass is 9.85. The Morgan fingerprint density at radius 2 is 1.68 bits per heavy atom. The fourth-order valence-electron chi connectivity index (χ4n) is 2.96. The third kappa shape index (κ3) is 4.97. The van der Waals surface area contributed by atoms with Crippen molar-refractivity contribution in [2.75, 3.05) is 32.8 Å².